The highest BCUT2D eigenvalue weighted by Gasteiger charge is 2.07. The van der Waals surface area contributed by atoms with E-state index < -0.39 is 0 Å². The van der Waals surface area contributed by atoms with Crippen molar-refractivity contribution in [3.8, 4) is 0 Å². The summed E-state index contributed by atoms with van der Waals surface area (Å²) < 4.78 is 0. The van der Waals surface area contributed by atoms with E-state index in [1.165, 1.54) is 0 Å². The molecule has 11 heavy (non-hydrogen) atoms. The molecule has 0 N–H and O–H groups in total. The van der Waals surface area contributed by atoms with Crippen LogP contribution in [-0.2, 0) is 0 Å². The Balaban J connectivity index is 2.22. The monoisotopic (exact) mass is 155 g/mol. The Labute approximate surface area is 68.7 Å². The molecule has 0 saturated carbocycles. The molecule has 0 amide bonds. The molecule has 64 valence electrons. The Kier molecular flexibility index (Phi) is 3.36. The van der Waals surface area contributed by atoms with Gasteiger partial charge < -0.3 is 4.90 Å². The lowest BCUT2D eigenvalue weighted by molar-refractivity contribution is 0.215. The Bertz CT molecular complexity index is 129. The van der Waals surface area contributed by atoms with Crippen LogP contribution in [0.15, 0.2) is 4.99 Å². The summed E-state index contributed by atoms with van der Waals surface area (Å²) in [6.07, 6.45) is 1.96. The summed E-state index contributed by atoms with van der Waals surface area (Å²) in [6.45, 7) is 9.74. The molecule has 3 heteroatoms. The zero-order valence-corrected chi connectivity index (χ0v) is 7.45. The molecular formula is C8H17N3. The molecule has 1 aliphatic rings. The predicted octanol–water partition coefficient (Wildman–Crippen LogP) is 0.630. The largest absolute Gasteiger partial charge is 0.348 e. The fourth-order valence-corrected chi connectivity index (χ4v) is 1.20. The fraction of sp³-hybridized carbons (Fsp3) is 0.875. The zero-order valence-electron chi connectivity index (χ0n) is 7.45. The molecule has 1 heterocycles. The van der Waals surface area contributed by atoms with Crippen LogP contribution in [-0.4, -0.2) is 49.0 Å². The molecule has 0 bridgehead atoms. The van der Waals surface area contributed by atoms with E-state index in [9.17, 15) is 0 Å². The smallest absolute Gasteiger partial charge is 0.0861 e. The first-order valence-corrected chi connectivity index (χ1v) is 4.33. The van der Waals surface area contributed by atoms with Gasteiger partial charge in [0, 0.05) is 6.54 Å². The SMILES string of the molecule is CCN(CC)CN1C=NCC1. The van der Waals surface area contributed by atoms with Gasteiger partial charge in [-0.25, -0.2) is 0 Å². The first-order valence-electron chi connectivity index (χ1n) is 4.33. The van der Waals surface area contributed by atoms with Gasteiger partial charge in [-0.3, -0.25) is 9.89 Å². The highest BCUT2D eigenvalue weighted by atomic mass is 15.3. The van der Waals surface area contributed by atoms with Gasteiger partial charge in [-0.2, -0.15) is 0 Å². The predicted molar refractivity (Wildman–Crippen MR) is 47.9 cm³/mol. The second-order valence-corrected chi connectivity index (χ2v) is 2.78. The van der Waals surface area contributed by atoms with Gasteiger partial charge in [0.05, 0.1) is 19.6 Å². The van der Waals surface area contributed by atoms with Crippen molar-refractivity contribution in [1.82, 2.24) is 9.80 Å². The summed E-state index contributed by atoms with van der Waals surface area (Å²) in [7, 11) is 0. The second kappa shape index (κ2) is 4.34. The van der Waals surface area contributed by atoms with Crippen LogP contribution < -0.4 is 0 Å². The van der Waals surface area contributed by atoms with E-state index in [0.717, 1.165) is 32.8 Å². The number of hydrogen-bond acceptors (Lipinski definition) is 3. The quantitative estimate of drug-likeness (QED) is 0.593. The molecule has 3 nitrogen and oxygen atoms in total. The van der Waals surface area contributed by atoms with E-state index in [0.29, 0.717) is 0 Å². The molecular weight excluding hydrogens is 138 g/mol. The van der Waals surface area contributed by atoms with Gasteiger partial charge in [0.25, 0.3) is 0 Å². The van der Waals surface area contributed by atoms with Gasteiger partial charge in [-0.15, -0.1) is 0 Å². The molecule has 0 radical (unpaired) electrons. The third kappa shape index (κ3) is 2.50. The molecule has 0 aromatic carbocycles. The Morgan fingerprint density at radius 3 is 2.64 bits per heavy atom. The molecule has 0 fully saturated rings. The molecule has 0 aromatic rings. The number of nitrogens with zero attached hydrogens (tertiary/aromatic N) is 3. The minimum Gasteiger partial charge on any atom is -0.348 e. The molecule has 1 aliphatic heterocycles. The molecule has 0 atom stereocenters. The second-order valence-electron chi connectivity index (χ2n) is 2.78. The maximum atomic E-state index is 4.16. The average Bonchev–Trinajstić information content (AvgIpc) is 2.52. The summed E-state index contributed by atoms with van der Waals surface area (Å²) in [4.78, 5) is 8.80. The summed E-state index contributed by atoms with van der Waals surface area (Å²) in [6, 6.07) is 0. The fourth-order valence-electron chi connectivity index (χ4n) is 1.20. The maximum absolute atomic E-state index is 4.16. The van der Waals surface area contributed by atoms with Gasteiger partial charge in [-0.05, 0) is 13.1 Å². The van der Waals surface area contributed by atoms with Crippen molar-refractivity contribution in [1.29, 1.82) is 0 Å². The van der Waals surface area contributed by atoms with Crippen molar-refractivity contribution in [3.05, 3.63) is 0 Å². The van der Waals surface area contributed by atoms with Crippen LogP contribution in [0.25, 0.3) is 0 Å². The van der Waals surface area contributed by atoms with E-state index >= 15 is 0 Å². The van der Waals surface area contributed by atoms with Crippen LogP contribution in [0.4, 0.5) is 0 Å². The molecule has 0 spiro atoms. The lowest BCUT2D eigenvalue weighted by Crippen LogP contribution is -2.36. The van der Waals surface area contributed by atoms with E-state index in [2.05, 4.69) is 28.6 Å². The molecule has 0 unspecified atom stereocenters. The highest BCUT2D eigenvalue weighted by Crippen LogP contribution is 1.96. The molecule has 1 rings (SSSR count). The van der Waals surface area contributed by atoms with E-state index in [1.54, 1.807) is 0 Å². The highest BCUT2D eigenvalue weighted by molar-refractivity contribution is 5.56. The number of rotatable bonds is 4. The Hall–Kier alpha value is -0.570. The molecule has 0 saturated heterocycles. The van der Waals surface area contributed by atoms with E-state index in [1.807, 2.05) is 6.34 Å². The van der Waals surface area contributed by atoms with Gasteiger partial charge >= 0.3 is 0 Å². The van der Waals surface area contributed by atoms with Crippen molar-refractivity contribution >= 4 is 6.34 Å². The van der Waals surface area contributed by atoms with Crippen LogP contribution in [0.3, 0.4) is 0 Å². The summed E-state index contributed by atoms with van der Waals surface area (Å²) in [5.41, 5.74) is 0. The summed E-state index contributed by atoms with van der Waals surface area (Å²) >= 11 is 0. The van der Waals surface area contributed by atoms with E-state index in [-0.39, 0.29) is 0 Å². The maximum Gasteiger partial charge on any atom is 0.0861 e. The minimum atomic E-state index is 0.973. The van der Waals surface area contributed by atoms with Crippen LogP contribution in [0.5, 0.6) is 0 Å². The van der Waals surface area contributed by atoms with Gasteiger partial charge in [0.1, 0.15) is 0 Å². The van der Waals surface area contributed by atoms with Crippen molar-refractivity contribution < 1.29 is 0 Å². The average molecular weight is 155 g/mol. The third-order valence-electron chi connectivity index (χ3n) is 2.04. The third-order valence-corrected chi connectivity index (χ3v) is 2.04. The molecule has 0 aliphatic carbocycles. The molecule has 0 aromatic heterocycles. The Morgan fingerprint density at radius 2 is 2.18 bits per heavy atom. The Morgan fingerprint density at radius 1 is 1.45 bits per heavy atom. The van der Waals surface area contributed by atoms with Gasteiger partial charge in [0.15, 0.2) is 0 Å². The van der Waals surface area contributed by atoms with Crippen molar-refractivity contribution in [3.63, 3.8) is 0 Å². The van der Waals surface area contributed by atoms with Gasteiger partial charge in [-0.1, -0.05) is 13.8 Å². The first-order chi connectivity index (χ1) is 5.36. The van der Waals surface area contributed by atoms with Crippen molar-refractivity contribution in [2.75, 3.05) is 32.8 Å². The first kappa shape index (κ1) is 8.53. The minimum absolute atomic E-state index is 0.973. The van der Waals surface area contributed by atoms with E-state index in [4.69, 9.17) is 0 Å². The van der Waals surface area contributed by atoms with Crippen molar-refractivity contribution in [2.45, 2.75) is 13.8 Å². The lowest BCUT2D eigenvalue weighted by Gasteiger charge is -2.24. The van der Waals surface area contributed by atoms with Gasteiger partial charge in [0.2, 0.25) is 0 Å². The standard InChI is InChI=1S/C8H17N3/c1-3-10(4-2)8-11-6-5-9-7-11/h7H,3-6,8H2,1-2H3. The van der Waals surface area contributed by atoms with Crippen LogP contribution >= 0.6 is 0 Å². The van der Waals surface area contributed by atoms with Crippen LogP contribution in [0, 0.1) is 0 Å². The normalized spacial score (nSPS) is 16.8. The zero-order chi connectivity index (χ0) is 8.10. The summed E-state index contributed by atoms with van der Waals surface area (Å²) in [5, 5.41) is 0. The van der Waals surface area contributed by atoms with Crippen LogP contribution in [0.1, 0.15) is 13.8 Å². The number of hydrogen-bond donors (Lipinski definition) is 0. The number of aliphatic imine (C=N–C) groups is 1. The summed E-state index contributed by atoms with van der Waals surface area (Å²) in [5.74, 6) is 0. The van der Waals surface area contributed by atoms with Crippen LogP contribution in [0.2, 0.25) is 0 Å². The lowest BCUT2D eigenvalue weighted by atomic mass is 10.5. The van der Waals surface area contributed by atoms with Crippen molar-refractivity contribution in [2.24, 2.45) is 4.99 Å². The topological polar surface area (TPSA) is 18.8 Å².